The molecule has 2 fully saturated rings. The van der Waals surface area contributed by atoms with Crippen molar-refractivity contribution in [3.05, 3.63) is 0 Å². The van der Waals surface area contributed by atoms with Gasteiger partial charge in [-0.15, -0.1) is 12.4 Å². The summed E-state index contributed by atoms with van der Waals surface area (Å²) in [5.74, 6) is 0.262. The Balaban J connectivity index is 0.00000200. The molecular weight excluding hydrogens is 280 g/mol. The first-order valence-corrected chi connectivity index (χ1v) is 7.32. The highest BCUT2D eigenvalue weighted by molar-refractivity contribution is 5.85. The number of ether oxygens (including phenoxy) is 2. The molecule has 1 amide bonds. The van der Waals surface area contributed by atoms with Gasteiger partial charge < -0.3 is 19.7 Å². The molecule has 1 unspecified atom stereocenters. The van der Waals surface area contributed by atoms with Crippen molar-refractivity contribution >= 4 is 18.3 Å². The highest BCUT2D eigenvalue weighted by Gasteiger charge is 2.43. The number of rotatable bonds is 4. The van der Waals surface area contributed by atoms with Gasteiger partial charge in [-0.2, -0.15) is 0 Å². The molecule has 0 aromatic carbocycles. The molecule has 1 N–H and O–H groups in total. The van der Waals surface area contributed by atoms with Crippen LogP contribution in [0.3, 0.4) is 0 Å². The third kappa shape index (κ3) is 3.85. The maximum atomic E-state index is 12.9. The Labute approximate surface area is 127 Å². The van der Waals surface area contributed by atoms with Crippen LogP contribution >= 0.6 is 12.4 Å². The zero-order chi connectivity index (χ0) is 13.7. The Hall–Kier alpha value is -0.360. The molecule has 2 rings (SSSR count). The Bertz CT molecular complexity index is 303. The third-order valence-electron chi connectivity index (χ3n) is 4.32. The van der Waals surface area contributed by atoms with Crippen LogP contribution in [-0.2, 0) is 14.3 Å². The number of nitrogens with zero attached hydrogens (tertiary/aromatic N) is 1. The van der Waals surface area contributed by atoms with Crippen LogP contribution in [0, 0.1) is 5.41 Å². The van der Waals surface area contributed by atoms with Crippen LogP contribution in [-0.4, -0.2) is 63.4 Å². The average molecular weight is 307 g/mol. The number of methoxy groups -OCH3 is 1. The van der Waals surface area contributed by atoms with Crippen molar-refractivity contribution in [3.8, 4) is 0 Å². The van der Waals surface area contributed by atoms with E-state index < -0.39 is 0 Å². The monoisotopic (exact) mass is 306 g/mol. The largest absolute Gasteiger partial charge is 0.384 e. The summed E-state index contributed by atoms with van der Waals surface area (Å²) in [6.45, 7) is 6.54. The van der Waals surface area contributed by atoms with E-state index >= 15 is 0 Å². The molecule has 20 heavy (non-hydrogen) atoms. The van der Waals surface area contributed by atoms with Gasteiger partial charge in [0.15, 0.2) is 0 Å². The zero-order valence-electron chi connectivity index (χ0n) is 12.5. The van der Waals surface area contributed by atoms with E-state index in [2.05, 4.69) is 12.2 Å². The number of hydrogen-bond donors (Lipinski definition) is 1. The molecule has 0 bridgehead atoms. The van der Waals surface area contributed by atoms with Crippen molar-refractivity contribution in [2.45, 2.75) is 32.3 Å². The molecule has 118 valence electrons. The Kier molecular flexibility index (Phi) is 7.23. The molecule has 0 aromatic heterocycles. The lowest BCUT2D eigenvalue weighted by Gasteiger charge is -2.42. The van der Waals surface area contributed by atoms with Crippen molar-refractivity contribution in [3.63, 3.8) is 0 Å². The minimum Gasteiger partial charge on any atom is -0.384 e. The Morgan fingerprint density at radius 3 is 2.75 bits per heavy atom. The lowest BCUT2D eigenvalue weighted by atomic mass is 9.78. The lowest BCUT2D eigenvalue weighted by Crippen LogP contribution is -2.55. The summed E-state index contributed by atoms with van der Waals surface area (Å²) < 4.78 is 11.0. The molecule has 1 atom stereocenters. The number of hydrogen-bond acceptors (Lipinski definition) is 4. The molecule has 0 aromatic rings. The fraction of sp³-hybridized carbons (Fsp3) is 0.929. The molecule has 0 aliphatic carbocycles. The summed E-state index contributed by atoms with van der Waals surface area (Å²) in [4.78, 5) is 14.9. The average Bonchev–Trinajstić information content (AvgIpc) is 2.48. The normalized spacial score (nSPS) is 25.9. The van der Waals surface area contributed by atoms with Gasteiger partial charge in [0.05, 0.1) is 24.7 Å². The van der Waals surface area contributed by atoms with Gasteiger partial charge in [-0.3, -0.25) is 4.79 Å². The van der Waals surface area contributed by atoms with Crippen molar-refractivity contribution in [1.82, 2.24) is 10.2 Å². The Morgan fingerprint density at radius 1 is 1.45 bits per heavy atom. The van der Waals surface area contributed by atoms with E-state index in [0.717, 1.165) is 38.9 Å². The molecule has 2 aliphatic rings. The highest BCUT2D eigenvalue weighted by atomic mass is 35.5. The van der Waals surface area contributed by atoms with E-state index in [4.69, 9.17) is 9.47 Å². The first-order chi connectivity index (χ1) is 9.22. The minimum atomic E-state index is -0.324. The molecular formula is C14H27ClN2O3. The van der Waals surface area contributed by atoms with Crippen LogP contribution in [0.1, 0.15) is 26.2 Å². The quantitative estimate of drug-likeness (QED) is 0.844. The number of halogens is 1. The number of nitrogens with one attached hydrogen (secondary N) is 1. The second-order valence-corrected chi connectivity index (χ2v) is 5.62. The second-order valence-electron chi connectivity index (χ2n) is 5.62. The number of piperidine rings is 1. The molecule has 5 nitrogen and oxygen atoms in total. The molecule has 2 heterocycles. The molecule has 6 heteroatoms. The number of morpholine rings is 1. The van der Waals surface area contributed by atoms with Crippen LogP contribution in [0.25, 0.3) is 0 Å². The van der Waals surface area contributed by atoms with Crippen LogP contribution in [0.5, 0.6) is 0 Å². The second kappa shape index (κ2) is 8.17. The number of amides is 1. The van der Waals surface area contributed by atoms with E-state index in [9.17, 15) is 4.79 Å². The van der Waals surface area contributed by atoms with Gasteiger partial charge in [-0.1, -0.05) is 6.92 Å². The summed E-state index contributed by atoms with van der Waals surface area (Å²) in [5, 5.41) is 3.32. The standard InChI is InChI=1S/C14H26N2O3.ClH/c1-3-12-10-16(8-9-19-12)13(17)14(11-18-2)4-6-15-7-5-14;/h12,15H,3-11H2,1-2H3;1H. The van der Waals surface area contributed by atoms with Crippen LogP contribution in [0.2, 0.25) is 0 Å². The van der Waals surface area contributed by atoms with Gasteiger partial charge >= 0.3 is 0 Å². The number of carbonyl (C=O) groups excluding carboxylic acids is 1. The van der Waals surface area contributed by atoms with Gasteiger partial charge in [0.25, 0.3) is 0 Å². The van der Waals surface area contributed by atoms with E-state index in [0.29, 0.717) is 19.8 Å². The maximum Gasteiger partial charge on any atom is 0.231 e. The van der Waals surface area contributed by atoms with Gasteiger partial charge in [-0.05, 0) is 32.4 Å². The van der Waals surface area contributed by atoms with Crippen molar-refractivity contribution in [1.29, 1.82) is 0 Å². The maximum absolute atomic E-state index is 12.9. The predicted octanol–water partition coefficient (Wildman–Crippen LogP) is 1.06. The lowest BCUT2D eigenvalue weighted by molar-refractivity contribution is -0.155. The van der Waals surface area contributed by atoms with Gasteiger partial charge in [0.1, 0.15) is 0 Å². The van der Waals surface area contributed by atoms with E-state index in [1.807, 2.05) is 4.90 Å². The van der Waals surface area contributed by atoms with E-state index in [1.54, 1.807) is 7.11 Å². The van der Waals surface area contributed by atoms with Crippen LogP contribution < -0.4 is 5.32 Å². The van der Waals surface area contributed by atoms with E-state index in [-0.39, 0.29) is 29.8 Å². The summed E-state index contributed by atoms with van der Waals surface area (Å²) in [5.41, 5.74) is -0.324. The summed E-state index contributed by atoms with van der Waals surface area (Å²) in [7, 11) is 1.69. The molecule has 0 radical (unpaired) electrons. The smallest absolute Gasteiger partial charge is 0.231 e. The first-order valence-electron chi connectivity index (χ1n) is 7.32. The number of carbonyl (C=O) groups is 1. The van der Waals surface area contributed by atoms with Gasteiger partial charge in [0, 0.05) is 20.2 Å². The fourth-order valence-corrected chi connectivity index (χ4v) is 3.09. The van der Waals surface area contributed by atoms with Gasteiger partial charge in [0.2, 0.25) is 5.91 Å². The highest BCUT2D eigenvalue weighted by Crippen LogP contribution is 2.32. The predicted molar refractivity (Wildman–Crippen MR) is 80.3 cm³/mol. The summed E-state index contributed by atoms with van der Waals surface area (Å²) in [6.07, 6.45) is 2.89. The first kappa shape index (κ1) is 17.7. The molecule has 0 spiro atoms. The van der Waals surface area contributed by atoms with E-state index in [1.165, 1.54) is 0 Å². The zero-order valence-corrected chi connectivity index (χ0v) is 13.3. The summed E-state index contributed by atoms with van der Waals surface area (Å²) in [6, 6.07) is 0. The Morgan fingerprint density at radius 2 is 2.15 bits per heavy atom. The topological polar surface area (TPSA) is 50.8 Å². The van der Waals surface area contributed by atoms with Crippen LogP contribution in [0.4, 0.5) is 0 Å². The molecule has 2 aliphatic heterocycles. The molecule has 0 saturated carbocycles. The van der Waals surface area contributed by atoms with Crippen molar-refractivity contribution in [2.75, 3.05) is 46.5 Å². The van der Waals surface area contributed by atoms with Gasteiger partial charge in [-0.25, -0.2) is 0 Å². The SMILES string of the molecule is CCC1CN(C(=O)C2(COC)CCNCC2)CCO1.Cl. The van der Waals surface area contributed by atoms with Crippen molar-refractivity contribution < 1.29 is 14.3 Å². The molecule has 2 saturated heterocycles. The minimum absolute atomic E-state index is 0. The fourth-order valence-electron chi connectivity index (χ4n) is 3.09. The van der Waals surface area contributed by atoms with Crippen molar-refractivity contribution in [2.24, 2.45) is 5.41 Å². The van der Waals surface area contributed by atoms with Crippen LogP contribution in [0.15, 0.2) is 0 Å². The summed E-state index contributed by atoms with van der Waals surface area (Å²) >= 11 is 0. The third-order valence-corrected chi connectivity index (χ3v) is 4.32.